The number of phenolic OH excluding ortho intramolecular Hbond substituents is 1. The summed E-state index contributed by atoms with van der Waals surface area (Å²) in [5, 5.41) is 16.1. The first-order valence-corrected chi connectivity index (χ1v) is 20.3. The molecule has 16 heteroatoms. The van der Waals surface area contributed by atoms with Crippen molar-refractivity contribution in [2.24, 2.45) is 23.7 Å². The minimum Gasteiger partial charge on any atom is -0.508 e. The Morgan fingerprint density at radius 2 is 1.48 bits per heavy atom. The number of alkyl halides is 3. The number of aromatic hydroxyl groups is 1. The molecule has 6 atom stereocenters. The minimum absolute atomic E-state index is 0.0229. The summed E-state index contributed by atoms with van der Waals surface area (Å²) in [6.45, 7) is 0. The highest BCUT2D eigenvalue weighted by atomic mass is 35.5. The Morgan fingerprint density at radius 3 is 2.16 bits per heavy atom. The normalized spacial score (nSPS) is 24.3. The number of nitrogens with zero attached hydrogens (tertiary/aromatic N) is 2. The molecule has 316 valence electrons. The number of hydrogen-bond donors (Lipinski definition) is 3. The molecule has 4 amide bonds. The van der Waals surface area contributed by atoms with Gasteiger partial charge in [-0.05, 0) is 109 Å². The first-order valence-electron chi connectivity index (χ1n) is 19.5. The van der Waals surface area contributed by atoms with Gasteiger partial charge in [0.1, 0.15) is 17.2 Å². The number of benzene rings is 5. The van der Waals surface area contributed by atoms with E-state index in [1.54, 1.807) is 54.6 Å². The lowest BCUT2D eigenvalue weighted by atomic mass is 9.49. The van der Waals surface area contributed by atoms with Crippen LogP contribution in [0.1, 0.15) is 29.9 Å². The van der Waals surface area contributed by atoms with Gasteiger partial charge in [0.2, 0.25) is 11.8 Å². The molecule has 5 aromatic rings. The molecule has 2 heterocycles. The molecule has 9 rings (SSSR count). The third-order valence-corrected chi connectivity index (χ3v) is 12.9. The van der Waals surface area contributed by atoms with Gasteiger partial charge >= 0.3 is 6.36 Å². The van der Waals surface area contributed by atoms with Crippen molar-refractivity contribution < 1.29 is 46.9 Å². The van der Waals surface area contributed by atoms with Crippen LogP contribution in [0.5, 0.6) is 17.2 Å². The zero-order valence-electron chi connectivity index (χ0n) is 32.5. The van der Waals surface area contributed by atoms with Crippen LogP contribution in [0.15, 0.2) is 127 Å². The largest absolute Gasteiger partial charge is 0.573 e. The fraction of sp³-hybridized carbons (Fsp3) is 0.217. The standard InChI is InChI=1S/C46H35Cl2F3N4O7/c1-61-29-14-7-24(8-15-29)45-35(42(58)55(44(45)60)53-37-19-9-25(47)21-36(37)48)23-33-31(40(45)34-22-30(16-20-38(34)56)62-46(49,50)51)17-18-32-39(33)43(59)54(41(32)57)28-12-10-27(11-13-28)52-26-5-3-2-4-6-26/h2-17,19-22,32-33,35,39-40,52-53,56H,18,23H2,1H3/t32-,33+,35-,39-,40+,45+/m0/s1. The number of carbonyl (C=O) groups excluding carboxylic acids is 4. The van der Waals surface area contributed by atoms with E-state index >= 15 is 9.59 Å². The van der Waals surface area contributed by atoms with Crippen LogP contribution in [-0.2, 0) is 24.6 Å². The maximum Gasteiger partial charge on any atom is 0.573 e. The van der Waals surface area contributed by atoms with Crippen LogP contribution in [0, 0.1) is 23.7 Å². The maximum atomic E-state index is 15.5. The van der Waals surface area contributed by atoms with E-state index in [9.17, 15) is 27.9 Å². The van der Waals surface area contributed by atoms with Crippen molar-refractivity contribution >= 4 is 69.6 Å². The number of halogens is 5. The van der Waals surface area contributed by atoms with E-state index in [-0.39, 0.29) is 39.7 Å². The second-order valence-corrected chi connectivity index (χ2v) is 16.4. The smallest absolute Gasteiger partial charge is 0.508 e. The van der Waals surface area contributed by atoms with Crippen molar-refractivity contribution in [2.75, 3.05) is 22.8 Å². The fourth-order valence-electron chi connectivity index (χ4n) is 9.79. The van der Waals surface area contributed by atoms with Crippen LogP contribution in [0.2, 0.25) is 10.0 Å². The molecule has 11 nitrogen and oxygen atoms in total. The van der Waals surface area contributed by atoms with Gasteiger partial charge in [-0.15, -0.1) is 13.2 Å². The number of rotatable bonds is 9. The van der Waals surface area contributed by atoms with Gasteiger partial charge in [-0.25, -0.2) is 0 Å². The van der Waals surface area contributed by atoms with Crippen LogP contribution < -0.4 is 25.1 Å². The van der Waals surface area contributed by atoms with Gasteiger partial charge < -0.3 is 19.9 Å². The topological polar surface area (TPSA) is 138 Å². The van der Waals surface area contributed by atoms with Gasteiger partial charge in [-0.3, -0.25) is 29.5 Å². The van der Waals surface area contributed by atoms with Crippen molar-refractivity contribution in [1.29, 1.82) is 0 Å². The van der Waals surface area contributed by atoms with Crippen molar-refractivity contribution in [3.8, 4) is 17.2 Å². The first kappa shape index (κ1) is 40.9. The Kier molecular flexibility index (Phi) is 10.2. The number of fused-ring (bicyclic) bond motifs is 4. The molecule has 3 N–H and O–H groups in total. The number of amides is 4. The summed E-state index contributed by atoms with van der Waals surface area (Å²) in [5.41, 5.74) is 3.44. The molecule has 3 fully saturated rings. The summed E-state index contributed by atoms with van der Waals surface area (Å²) in [7, 11) is 1.45. The van der Waals surface area contributed by atoms with Crippen LogP contribution >= 0.6 is 23.2 Å². The molecule has 4 aliphatic rings. The highest BCUT2D eigenvalue weighted by Gasteiger charge is 2.71. The molecule has 0 radical (unpaired) electrons. The van der Waals surface area contributed by atoms with Gasteiger partial charge in [-0.2, -0.15) is 5.01 Å². The summed E-state index contributed by atoms with van der Waals surface area (Å²) in [6.07, 6.45) is -3.50. The Morgan fingerprint density at radius 1 is 0.790 bits per heavy atom. The van der Waals surface area contributed by atoms with E-state index < -0.39 is 76.5 Å². The third kappa shape index (κ3) is 6.77. The van der Waals surface area contributed by atoms with E-state index in [0.29, 0.717) is 22.7 Å². The minimum atomic E-state index is -5.12. The number of hydrazine groups is 1. The lowest BCUT2D eigenvalue weighted by molar-refractivity contribution is -0.274. The van der Waals surface area contributed by atoms with Crippen molar-refractivity contribution in [1.82, 2.24) is 5.01 Å². The molecule has 2 saturated heterocycles. The molecule has 0 spiro atoms. The molecule has 2 aliphatic heterocycles. The molecule has 5 aromatic carbocycles. The number of para-hydroxylation sites is 1. The number of methoxy groups -OCH3 is 1. The zero-order valence-corrected chi connectivity index (χ0v) is 34.0. The first-order chi connectivity index (χ1) is 29.7. The molecule has 0 aromatic heterocycles. The third-order valence-electron chi connectivity index (χ3n) is 12.3. The Balaban J connectivity index is 1.19. The van der Waals surface area contributed by atoms with E-state index in [0.717, 1.165) is 33.8 Å². The van der Waals surface area contributed by atoms with Gasteiger partial charge in [-0.1, -0.05) is 65.2 Å². The average Bonchev–Trinajstić information content (AvgIpc) is 3.63. The lowest BCUT2D eigenvalue weighted by Crippen LogP contribution is -2.53. The maximum absolute atomic E-state index is 15.5. The van der Waals surface area contributed by atoms with E-state index in [1.165, 1.54) is 25.3 Å². The molecule has 1 saturated carbocycles. The number of hydrogen-bond acceptors (Lipinski definition) is 9. The number of anilines is 4. The van der Waals surface area contributed by atoms with Crippen LogP contribution in [0.25, 0.3) is 0 Å². The number of allylic oxidation sites excluding steroid dienone is 2. The highest BCUT2D eigenvalue weighted by Crippen LogP contribution is 2.65. The van der Waals surface area contributed by atoms with Crippen molar-refractivity contribution in [3.63, 3.8) is 0 Å². The number of imide groups is 2. The second-order valence-electron chi connectivity index (χ2n) is 15.5. The predicted octanol–water partition coefficient (Wildman–Crippen LogP) is 9.54. The number of ether oxygens (including phenoxy) is 2. The van der Waals surface area contributed by atoms with E-state index in [2.05, 4.69) is 15.5 Å². The molecular weight excluding hydrogens is 848 g/mol. The Hall–Kier alpha value is -6.51. The van der Waals surface area contributed by atoms with Crippen LogP contribution in [0.4, 0.5) is 35.9 Å². The van der Waals surface area contributed by atoms with Gasteiger partial charge in [0.25, 0.3) is 11.8 Å². The molecule has 62 heavy (non-hydrogen) atoms. The monoisotopic (exact) mass is 882 g/mol. The number of phenols is 1. The second kappa shape index (κ2) is 15.4. The highest BCUT2D eigenvalue weighted by molar-refractivity contribution is 6.36. The molecule has 0 unspecified atom stereocenters. The molecular formula is C46H35Cl2F3N4O7. The Labute approximate surface area is 362 Å². The van der Waals surface area contributed by atoms with Gasteiger partial charge in [0, 0.05) is 27.9 Å². The predicted molar refractivity (Wildman–Crippen MR) is 224 cm³/mol. The number of nitrogens with one attached hydrogen (secondary N) is 2. The van der Waals surface area contributed by atoms with Crippen LogP contribution in [0.3, 0.4) is 0 Å². The SMILES string of the molecule is COc1ccc([C@@]23C(=O)N(Nc4ccc(Cl)cc4Cl)C(=O)[C@@H]2C[C@@H]2C(=CC[C@@H]4C(=O)N(c5ccc(Nc6ccccc6)cc5)C(=O)[C@@H]42)[C@@H]3c2cc(OC(F)(F)F)ccc2O)cc1. The summed E-state index contributed by atoms with van der Waals surface area (Å²) in [6, 6.07) is 29.9. The summed E-state index contributed by atoms with van der Waals surface area (Å²) < 4.78 is 51.0. The zero-order chi connectivity index (χ0) is 43.7. The van der Waals surface area contributed by atoms with Crippen LogP contribution in [-0.4, -0.2) is 47.2 Å². The average molecular weight is 884 g/mol. The van der Waals surface area contributed by atoms with Gasteiger partial charge in [0.05, 0.1) is 46.7 Å². The molecule has 2 aliphatic carbocycles. The van der Waals surface area contributed by atoms with E-state index in [1.807, 2.05) is 30.3 Å². The summed E-state index contributed by atoms with van der Waals surface area (Å²) in [5.74, 6) is -8.78. The number of carbonyl (C=O) groups is 4. The quantitative estimate of drug-likeness (QED) is 0.0977. The van der Waals surface area contributed by atoms with Crippen molar-refractivity contribution in [3.05, 3.63) is 148 Å². The van der Waals surface area contributed by atoms with Crippen molar-refractivity contribution in [2.45, 2.75) is 30.5 Å². The molecule has 0 bridgehead atoms. The fourth-order valence-corrected chi connectivity index (χ4v) is 10.2. The Bertz CT molecular complexity index is 2660. The summed E-state index contributed by atoms with van der Waals surface area (Å²) >= 11 is 12.7. The van der Waals surface area contributed by atoms with Gasteiger partial charge in [0.15, 0.2) is 0 Å². The summed E-state index contributed by atoms with van der Waals surface area (Å²) in [4.78, 5) is 60.8. The lowest BCUT2D eigenvalue weighted by Gasteiger charge is -2.50. The van der Waals surface area contributed by atoms with E-state index in [4.69, 9.17) is 27.9 Å².